The van der Waals surface area contributed by atoms with Gasteiger partial charge in [-0.3, -0.25) is 4.79 Å². The Hall–Kier alpha value is -1.06. The van der Waals surface area contributed by atoms with E-state index in [-0.39, 0.29) is 11.8 Å². The number of carbonyl (C=O) groups is 1. The maximum absolute atomic E-state index is 11.1. The third-order valence-corrected chi connectivity index (χ3v) is 2.10. The fraction of sp³-hybridized carbons (Fsp3) is 0.300. The van der Waals surface area contributed by atoms with E-state index in [0.29, 0.717) is 0 Å². The van der Waals surface area contributed by atoms with E-state index in [0.717, 1.165) is 16.3 Å². The number of halogens is 1. The van der Waals surface area contributed by atoms with Gasteiger partial charge < -0.3 is 10.2 Å². The predicted octanol–water partition coefficient (Wildman–Crippen LogP) is 0.640. The largest absolute Gasteiger partial charge is 0.320 e. The van der Waals surface area contributed by atoms with Gasteiger partial charge in [-0.15, -0.1) is 11.6 Å². The highest BCUT2D eigenvalue weighted by Gasteiger charge is 2.09. The lowest BCUT2D eigenvalue weighted by atomic mass is 10.2. The summed E-state index contributed by atoms with van der Waals surface area (Å²) < 4.78 is 0. The number of amides is 1. The molecule has 0 aromatic heterocycles. The average molecular weight is 214 g/mol. The van der Waals surface area contributed by atoms with Crippen molar-refractivity contribution in [1.82, 2.24) is 0 Å². The molecule has 0 radical (unpaired) electrons. The number of quaternary nitrogens is 1. The SMILES string of the molecule is C[NH+](C)c1ccccc1NC(=O)CCl. The van der Waals surface area contributed by atoms with E-state index in [2.05, 4.69) is 5.32 Å². The van der Waals surface area contributed by atoms with Gasteiger partial charge in [-0.2, -0.15) is 0 Å². The van der Waals surface area contributed by atoms with E-state index < -0.39 is 0 Å². The molecule has 0 bridgehead atoms. The van der Waals surface area contributed by atoms with E-state index in [9.17, 15) is 4.79 Å². The number of nitrogens with one attached hydrogen (secondary N) is 2. The van der Waals surface area contributed by atoms with Crippen molar-refractivity contribution in [2.45, 2.75) is 0 Å². The molecule has 14 heavy (non-hydrogen) atoms. The molecule has 1 amide bonds. The van der Waals surface area contributed by atoms with Crippen molar-refractivity contribution in [2.24, 2.45) is 0 Å². The molecule has 1 aromatic carbocycles. The van der Waals surface area contributed by atoms with Crippen LogP contribution in [0.15, 0.2) is 24.3 Å². The summed E-state index contributed by atoms with van der Waals surface area (Å²) in [7, 11) is 4.01. The monoisotopic (exact) mass is 213 g/mol. The van der Waals surface area contributed by atoms with Gasteiger partial charge in [-0.1, -0.05) is 12.1 Å². The molecule has 0 fully saturated rings. The zero-order valence-corrected chi connectivity index (χ0v) is 9.06. The van der Waals surface area contributed by atoms with Crippen molar-refractivity contribution in [1.29, 1.82) is 0 Å². The smallest absolute Gasteiger partial charge is 0.239 e. The second-order valence-electron chi connectivity index (χ2n) is 3.23. The molecule has 0 aliphatic rings. The first-order chi connectivity index (χ1) is 6.65. The van der Waals surface area contributed by atoms with Gasteiger partial charge in [0.15, 0.2) is 5.69 Å². The summed E-state index contributed by atoms with van der Waals surface area (Å²) >= 11 is 5.41. The second-order valence-corrected chi connectivity index (χ2v) is 3.49. The minimum atomic E-state index is -0.180. The molecule has 1 aromatic rings. The zero-order chi connectivity index (χ0) is 10.6. The molecule has 0 aliphatic carbocycles. The minimum Gasteiger partial charge on any atom is -0.320 e. The molecule has 3 nitrogen and oxygen atoms in total. The highest BCUT2D eigenvalue weighted by Crippen LogP contribution is 2.16. The lowest BCUT2D eigenvalue weighted by molar-refractivity contribution is -0.785. The van der Waals surface area contributed by atoms with Crippen molar-refractivity contribution in [2.75, 3.05) is 25.3 Å². The summed E-state index contributed by atoms with van der Waals surface area (Å²) in [6.45, 7) is 0. The van der Waals surface area contributed by atoms with Crippen molar-refractivity contribution >= 4 is 28.9 Å². The van der Waals surface area contributed by atoms with Crippen LogP contribution in [0.4, 0.5) is 11.4 Å². The Kier molecular flexibility index (Phi) is 3.92. The fourth-order valence-corrected chi connectivity index (χ4v) is 1.28. The number of carbonyl (C=O) groups excluding carboxylic acids is 1. The standard InChI is InChI=1S/C10H13ClN2O/c1-13(2)9-6-4-3-5-8(9)12-10(14)7-11/h3-6H,7H2,1-2H3,(H,12,14)/p+1. The number of alkyl halides is 1. The van der Waals surface area contributed by atoms with Crippen LogP contribution in [0, 0.1) is 0 Å². The number of hydrogen-bond acceptors (Lipinski definition) is 1. The second kappa shape index (κ2) is 4.98. The average Bonchev–Trinajstić information content (AvgIpc) is 2.18. The number of benzene rings is 1. The van der Waals surface area contributed by atoms with Crippen molar-refractivity contribution < 1.29 is 9.69 Å². The van der Waals surface area contributed by atoms with Crippen LogP contribution in [0.2, 0.25) is 0 Å². The summed E-state index contributed by atoms with van der Waals surface area (Å²) in [5.74, 6) is -0.197. The van der Waals surface area contributed by atoms with E-state index in [4.69, 9.17) is 11.6 Å². The van der Waals surface area contributed by atoms with Crippen LogP contribution in [0.25, 0.3) is 0 Å². The van der Waals surface area contributed by atoms with Gasteiger partial charge in [0.25, 0.3) is 0 Å². The molecule has 4 heteroatoms. The predicted molar refractivity (Wildman–Crippen MR) is 58.3 cm³/mol. The lowest BCUT2D eigenvalue weighted by Crippen LogP contribution is -3.00. The van der Waals surface area contributed by atoms with Crippen LogP contribution in [0.3, 0.4) is 0 Å². The Morgan fingerprint density at radius 1 is 1.43 bits per heavy atom. The van der Waals surface area contributed by atoms with Crippen LogP contribution in [-0.4, -0.2) is 25.9 Å². The first kappa shape index (κ1) is 11.0. The Labute approximate surface area is 88.7 Å². The maximum atomic E-state index is 11.1. The number of para-hydroxylation sites is 2. The van der Waals surface area contributed by atoms with Gasteiger partial charge in [0.1, 0.15) is 11.6 Å². The summed E-state index contributed by atoms with van der Waals surface area (Å²) in [4.78, 5) is 12.3. The molecule has 0 heterocycles. The summed E-state index contributed by atoms with van der Waals surface area (Å²) in [6, 6.07) is 7.67. The third-order valence-electron chi connectivity index (χ3n) is 1.86. The van der Waals surface area contributed by atoms with Gasteiger partial charge >= 0.3 is 0 Å². The van der Waals surface area contributed by atoms with Crippen molar-refractivity contribution in [3.05, 3.63) is 24.3 Å². The number of rotatable bonds is 3. The normalized spacial score (nSPS) is 10.3. The molecule has 0 aliphatic heterocycles. The van der Waals surface area contributed by atoms with Gasteiger partial charge in [-0.25, -0.2) is 0 Å². The summed E-state index contributed by atoms with van der Waals surface area (Å²) in [5.41, 5.74) is 1.86. The maximum Gasteiger partial charge on any atom is 0.239 e. The van der Waals surface area contributed by atoms with Crippen LogP contribution >= 0.6 is 11.6 Å². The van der Waals surface area contributed by atoms with E-state index in [1.165, 1.54) is 0 Å². The first-order valence-electron chi connectivity index (χ1n) is 4.40. The highest BCUT2D eigenvalue weighted by molar-refractivity contribution is 6.29. The highest BCUT2D eigenvalue weighted by atomic mass is 35.5. The molecule has 0 spiro atoms. The van der Waals surface area contributed by atoms with Crippen LogP contribution in [0.1, 0.15) is 0 Å². The quantitative estimate of drug-likeness (QED) is 0.710. The van der Waals surface area contributed by atoms with Gasteiger partial charge in [0, 0.05) is 6.07 Å². The van der Waals surface area contributed by atoms with Gasteiger partial charge in [0.05, 0.1) is 14.1 Å². The topological polar surface area (TPSA) is 33.5 Å². The van der Waals surface area contributed by atoms with Crippen molar-refractivity contribution in [3.63, 3.8) is 0 Å². The summed E-state index contributed by atoms with van der Waals surface area (Å²) in [6.07, 6.45) is 0. The Bertz CT molecular complexity index is 326. The van der Waals surface area contributed by atoms with Crippen LogP contribution < -0.4 is 10.2 Å². The first-order valence-corrected chi connectivity index (χ1v) is 4.94. The zero-order valence-electron chi connectivity index (χ0n) is 8.30. The molecule has 0 unspecified atom stereocenters. The lowest BCUT2D eigenvalue weighted by Gasteiger charge is -2.12. The Morgan fingerprint density at radius 2 is 2.07 bits per heavy atom. The molecule has 0 saturated heterocycles. The third kappa shape index (κ3) is 2.72. The van der Waals surface area contributed by atoms with E-state index in [1.54, 1.807) is 0 Å². The van der Waals surface area contributed by atoms with Crippen molar-refractivity contribution in [3.8, 4) is 0 Å². The molecular weight excluding hydrogens is 200 g/mol. The van der Waals surface area contributed by atoms with Crippen LogP contribution in [0.5, 0.6) is 0 Å². The Morgan fingerprint density at radius 3 is 2.64 bits per heavy atom. The van der Waals surface area contributed by atoms with Gasteiger partial charge in [0.2, 0.25) is 5.91 Å². The van der Waals surface area contributed by atoms with E-state index in [1.807, 2.05) is 38.4 Å². The van der Waals surface area contributed by atoms with E-state index >= 15 is 0 Å². The van der Waals surface area contributed by atoms with Crippen LogP contribution in [-0.2, 0) is 4.79 Å². The molecule has 0 atom stereocenters. The number of hydrogen-bond donors (Lipinski definition) is 2. The number of anilines is 1. The molecule has 2 N–H and O–H groups in total. The molecule has 1 rings (SSSR count). The molecule has 76 valence electrons. The Balaban J connectivity index is 2.90. The molecular formula is C10H14ClN2O+. The molecule has 0 saturated carbocycles. The van der Waals surface area contributed by atoms with Gasteiger partial charge in [-0.05, 0) is 6.07 Å². The summed E-state index contributed by atoms with van der Waals surface area (Å²) in [5, 5.41) is 2.75. The fourth-order valence-electron chi connectivity index (χ4n) is 1.21. The minimum absolute atomic E-state index is 0.0168.